The zero-order chi connectivity index (χ0) is 16.8. The molecule has 0 aromatic heterocycles. The van der Waals surface area contributed by atoms with E-state index in [2.05, 4.69) is 10.6 Å². The van der Waals surface area contributed by atoms with E-state index in [-0.39, 0.29) is 11.3 Å². The summed E-state index contributed by atoms with van der Waals surface area (Å²) in [5.41, 5.74) is 7.44. The van der Waals surface area contributed by atoms with Crippen molar-refractivity contribution in [3.05, 3.63) is 63.7 Å². The van der Waals surface area contributed by atoms with Crippen LogP contribution in [0.4, 0.5) is 17.1 Å². The number of rotatable bonds is 6. The van der Waals surface area contributed by atoms with Gasteiger partial charge in [0.2, 0.25) is 0 Å². The number of nitrogens with zero attached hydrogens (tertiary/aromatic N) is 1. The maximum atomic E-state index is 12.3. The van der Waals surface area contributed by atoms with Crippen LogP contribution in [0.3, 0.4) is 0 Å². The molecule has 0 unspecified atom stereocenters. The number of nitrogens with two attached hydrogens (primary N) is 1. The Hall–Kier alpha value is -2.93. The molecule has 0 heterocycles. The summed E-state index contributed by atoms with van der Waals surface area (Å²) < 4.78 is 0. The summed E-state index contributed by atoms with van der Waals surface area (Å²) in [6, 6.07) is 11.6. The van der Waals surface area contributed by atoms with E-state index in [0.29, 0.717) is 24.5 Å². The van der Waals surface area contributed by atoms with E-state index in [1.165, 1.54) is 18.2 Å². The largest absolute Gasteiger partial charge is 0.378 e. The first-order chi connectivity index (χ1) is 11.0. The van der Waals surface area contributed by atoms with Crippen LogP contribution in [0.25, 0.3) is 0 Å². The van der Waals surface area contributed by atoms with E-state index in [4.69, 9.17) is 5.73 Å². The van der Waals surface area contributed by atoms with Crippen molar-refractivity contribution in [1.82, 2.24) is 0 Å². The maximum Gasteiger partial charge on any atom is 0.293 e. The third-order valence-corrected chi connectivity index (χ3v) is 3.19. The zero-order valence-electron chi connectivity index (χ0n) is 12.7. The molecule has 0 atom stereocenters. The second kappa shape index (κ2) is 7.37. The van der Waals surface area contributed by atoms with Crippen LogP contribution in [-0.2, 0) is 0 Å². The van der Waals surface area contributed by atoms with E-state index in [9.17, 15) is 14.9 Å². The molecule has 1 amide bonds. The number of nitrogens with one attached hydrogen (secondary N) is 2. The van der Waals surface area contributed by atoms with Gasteiger partial charge in [0, 0.05) is 30.4 Å². The second-order valence-electron chi connectivity index (χ2n) is 5.03. The average molecular weight is 314 g/mol. The Balaban J connectivity index is 2.23. The summed E-state index contributed by atoms with van der Waals surface area (Å²) in [5.74, 6) is -0.399. The molecular formula is C16H18N4O3. The smallest absolute Gasteiger partial charge is 0.293 e. The number of anilines is 2. The lowest BCUT2D eigenvalue weighted by Crippen LogP contribution is -2.15. The van der Waals surface area contributed by atoms with E-state index in [1.54, 1.807) is 6.07 Å². The number of carbonyl (C=O) groups is 1. The monoisotopic (exact) mass is 314 g/mol. The molecule has 120 valence electrons. The van der Waals surface area contributed by atoms with Crippen molar-refractivity contribution in [1.29, 1.82) is 0 Å². The number of amides is 1. The predicted molar refractivity (Wildman–Crippen MR) is 89.8 cm³/mol. The first-order valence-corrected chi connectivity index (χ1v) is 7.11. The van der Waals surface area contributed by atoms with Gasteiger partial charge in [0.15, 0.2) is 0 Å². The van der Waals surface area contributed by atoms with Gasteiger partial charge in [-0.3, -0.25) is 14.9 Å². The van der Waals surface area contributed by atoms with Gasteiger partial charge in [-0.25, -0.2) is 0 Å². The molecule has 0 fully saturated rings. The Morgan fingerprint density at radius 1 is 1.26 bits per heavy atom. The quantitative estimate of drug-likeness (QED) is 0.560. The highest BCUT2D eigenvalue weighted by molar-refractivity contribution is 6.05. The van der Waals surface area contributed by atoms with Crippen molar-refractivity contribution >= 4 is 23.0 Å². The van der Waals surface area contributed by atoms with Gasteiger partial charge < -0.3 is 16.4 Å². The molecule has 4 N–H and O–H groups in total. The lowest BCUT2D eigenvalue weighted by Gasteiger charge is -2.09. The molecule has 0 radical (unpaired) electrons. The van der Waals surface area contributed by atoms with Gasteiger partial charge >= 0.3 is 0 Å². The van der Waals surface area contributed by atoms with Gasteiger partial charge in [-0.05, 0) is 36.8 Å². The fraction of sp³-hybridized carbons (Fsp3) is 0.188. The molecule has 0 aliphatic heterocycles. The standard InChI is InChI=1S/C16H18N4O3/c1-11-3-2-4-13(9-11)19-16(21)12-5-6-14(18-8-7-17)15(10-12)20(22)23/h2-6,9-10,18H,7-8,17H2,1H3,(H,19,21). The Bertz CT molecular complexity index is 731. The number of carbonyl (C=O) groups excluding carboxylic acids is 1. The summed E-state index contributed by atoms with van der Waals surface area (Å²) in [6.07, 6.45) is 0. The molecule has 7 heteroatoms. The van der Waals surface area contributed by atoms with Crippen LogP contribution in [0.2, 0.25) is 0 Å². The minimum atomic E-state index is -0.526. The molecule has 0 aliphatic rings. The van der Waals surface area contributed by atoms with E-state index in [1.807, 2.05) is 25.1 Å². The van der Waals surface area contributed by atoms with Crippen molar-refractivity contribution in [3.8, 4) is 0 Å². The van der Waals surface area contributed by atoms with Gasteiger partial charge in [-0.2, -0.15) is 0 Å². The highest BCUT2D eigenvalue weighted by atomic mass is 16.6. The molecule has 0 bridgehead atoms. The van der Waals surface area contributed by atoms with Crippen molar-refractivity contribution in [2.24, 2.45) is 5.73 Å². The molecule has 2 aromatic carbocycles. The predicted octanol–water partition coefficient (Wildman–Crippen LogP) is 2.53. The van der Waals surface area contributed by atoms with E-state index >= 15 is 0 Å². The lowest BCUT2D eigenvalue weighted by atomic mass is 10.1. The average Bonchev–Trinajstić information content (AvgIpc) is 2.52. The van der Waals surface area contributed by atoms with Crippen LogP contribution in [-0.4, -0.2) is 23.9 Å². The Morgan fingerprint density at radius 2 is 2.04 bits per heavy atom. The van der Waals surface area contributed by atoms with Crippen LogP contribution in [0.5, 0.6) is 0 Å². The van der Waals surface area contributed by atoms with Crippen LogP contribution >= 0.6 is 0 Å². The number of nitro benzene ring substituents is 1. The third-order valence-electron chi connectivity index (χ3n) is 3.19. The topological polar surface area (TPSA) is 110 Å². The Morgan fingerprint density at radius 3 is 2.70 bits per heavy atom. The number of nitro groups is 1. The second-order valence-corrected chi connectivity index (χ2v) is 5.03. The first kappa shape index (κ1) is 16.4. The maximum absolute atomic E-state index is 12.3. The molecule has 23 heavy (non-hydrogen) atoms. The van der Waals surface area contributed by atoms with Gasteiger partial charge in [0.05, 0.1) is 4.92 Å². The molecule has 2 rings (SSSR count). The minimum absolute atomic E-state index is 0.157. The summed E-state index contributed by atoms with van der Waals surface area (Å²) in [4.78, 5) is 22.9. The molecule has 0 saturated carbocycles. The molecule has 0 aliphatic carbocycles. The highest BCUT2D eigenvalue weighted by Gasteiger charge is 2.17. The number of hydrogen-bond donors (Lipinski definition) is 3. The number of hydrogen-bond acceptors (Lipinski definition) is 5. The van der Waals surface area contributed by atoms with Gasteiger partial charge in [-0.15, -0.1) is 0 Å². The van der Waals surface area contributed by atoms with Crippen molar-refractivity contribution in [3.63, 3.8) is 0 Å². The normalized spacial score (nSPS) is 10.2. The van der Waals surface area contributed by atoms with Crippen LogP contribution in [0.1, 0.15) is 15.9 Å². The number of aryl methyl sites for hydroxylation is 1. The molecule has 7 nitrogen and oxygen atoms in total. The Kier molecular flexibility index (Phi) is 5.27. The van der Waals surface area contributed by atoms with E-state index in [0.717, 1.165) is 5.56 Å². The summed E-state index contributed by atoms with van der Waals surface area (Å²) in [6.45, 7) is 2.68. The van der Waals surface area contributed by atoms with Crippen LogP contribution in [0, 0.1) is 17.0 Å². The molecule has 2 aromatic rings. The summed E-state index contributed by atoms with van der Waals surface area (Å²) >= 11 is 0. The fourth-order valence-electron chi connectivity index (χ4n) is 2.11. The molecule has 0 saturated heterocycles. The van der Waals surface area contributed by atoms with Gasteiger partial charge in [0.25, 0.3) is 11.6 Å². The van der Waals surface area contributed by atoms with Crippen molar-refractivity contribution < 1.29 is 9.72 Å². The first-order valence-electron chi connectivity index (χ1n) is 7.11. The Labute approximate surface area is 133 Å². The highest BCUT2D eigenvalue weighted by Crippen LogP contribution is 2.26. The van der Waals surface area contributed by atoms with Gasteiger partial charge in [-0.1, -0.05) is 12.1 Å². The molecular weight excluding hydrogens is 296 g/mol. The summed E-state index contributed by atoms with van der Waals surface area (Å²) in [7, 11) is 0. The van der Waals surface area contributed by atoms with E-state index < -0.39 is 10.8 Å². The van der Waals surface area contributed by atoms with Gasteiger partial charge in [0.1, 0.15) is 5.69 Å². The van der Waals surface area contributed by atoms with Crippen LogP contribution < -0.4 is 16.4 Å². The SMILES string of the molecule is Cc1cccc(NC(=O)c2ccc(NCCN)c([N+](=O)[O-])c2)c1. The fourth-order valence-corrected chi connectivity index (χ4v) is 2.11. The van der Waals surface area contributed by atoms with Crippen molar-refractivity contribution in [2.75, 3.05) is 23.7 Å². The van der Waals surface area contributed by atoms with Crippen LogP contribution in [0.15, 0.2) is 42.5 Å². The number of benzene rings is 2. The molecule has 0 spiro atoms. The van der Waals surface area contributed by atoms with Crippen molar-refractivity contribution in [2.45, 2.75) is 6.92 Å². The third kappa shape index (κ3) is 4.27. The zero-order valence-corrected chi connectivity index (χ0v) is 12.7. The lowest BCUT2D eigenvalue weighted by molar-refractivity contribution is -0.384. The minimum Gasteiger partial charge on any atom is -0.378 e. The summed E-state index contributed by atoms with van der Waals surface area (Å²) in [5, 5.41) is 16.8.